The molecule has 0 fully saturated rings. The van der Waals surface area contributed by atoms with Gasteiger partial charge in [-0.3, -0.25) is 0 Å². The van der Waals surface area contributed by atoms with E-state index in [1.54, 1.807) is 13.2 Å². The van der Waals surface area contributed by atoms with Gasteiger partial charge in [0.05, 0.1) is 12.6 Å². The van der Waals surface area contributed by atoms with Crippen molar-refractivity contribution in [3.05, 3.63) is 35.5 Å². The highest BCUT2D eigenvalue weighted by Gasteiger charge is 2.06. The van der Waals surface area contributed by atoms with E-state index in [1.807, 2.05) is 31.2 Å². The lowest BCUT2D eigenvalue weighted by molar-refractivity contribution is 0.419. The molecule has 3 heteroatoms. The van der Waals surface area contributed by atoms with Gasteiger partial charge in [-0.25, -0.2) is 4.98 Å². The third-order valence-corrected chi connectivity index (χ3v) is 2.33. The normalized spacial score (nSPS) is 9.93. The predicted molar refractivity (Wildman–Crippen MR) is 57.7 cm³/mol. The van der Waals surface area contributed by atoms with Crippen LogP contribution in [-0.4, -0.2) is 12.1 Å². The van der Waals surface area contributed by atoms with Crippen LogP contribution in [-0.2, 0) is 0 Å². The molecule has 0 aliphatic rings. The van der Waals surface area contributed by atoms with Gasteiger partial charge in [-0.05, 0) is 30.7 Å². The molecule has 0 aliphatic carbocycles. The summed E-state index contributed by atoms with van der Waals surface area (Å²) in [5.74, 6) is 0.794. The molecular weight excluding hydrogens is 188 g/mol. The molecular formula is C12H10N2O. The van der Waals surface area contributed by atoms with Crippen molar-refractivity contribution in [2.45, 2.75) is 6.92 Å². The number of nitriles is 1. The summed E-state index contributed by atoms with van der Waals surface area (Å²) in [6, 6.07) is 9.46. The Morgan fingerprint density at radius 3 is 2.87 bits per heavy atom. The maximum absolute atomic E-state index is 8.80. The fourth-order valence-corrected chi connectivity index (χ4v) is 1.68. The zero-order valence-corrected chi connectivity index (χ0v) is 8.61. The van der Waals surface area contributed by atoms with Gasteiger partial charge >= 0.3 is 0 Å². The Morgan fingerprint density at radius 1 is 1.40 bits per heavy atom. The molecule has 0 atom stereocenters. The number of pyridine rings is 1. The van der Waals surface area contributed by atoms with E-state index in [1.165, 1.54) is 0 Å². The fourth-order valence-electron chi connectivity index (χ4n) is 1.68. The summed E-state index contributed by atoms with van der Waals surface area (Å²) >= 11 is 0. The van der Waals surface area contributed by atoms with Crippen LogP contribution in [0.25, 0.3) is 10.9 Å². The van der Waals surface area contributed by atoms with Crippen molar-refractivity contribution in [1.29, 1.82) is 5.26 Å². The Kier molecular flexibility index (Phi) is 2.26. The lowest BCUT2D eigenvalue weighted by Gasteiger charge is -2.07. The van der Waals surface area contributed by atoms with Crippen molar-refractivity contribution in [3.63, 3.8) is 0 Å². The van der Waals surface area contributed by atoms with E-state index in [0.29, 0.717) is 5.69 Å². The van der Waals surface area contributed by atoms with Crippen molar-refractivity contribution in [1.82, 2.24) is 4.98 Å². The fraction of sp³-hybridized carbons (Fsp3) is 0.167. The van der Waals surface area contributed by atoms with E-state index in [2.05, 4.69) is 4.98 Å². The molecule has 1 heterocycles. The Balaban J connectivity index is 2.86. The minimum Gasteiger partial charge on any atom is -0.496 e. The highest BCUT2D eigenvalue weighted by atomic mass is 16.5. The molecule has 0 spiro atoms. The van der Waals surface area contributed by atoms with Crippen LogP contribution in [0.2, 0.25) is 0 Å². The molecule has 74 valence electrons. The molecule has 0 radical (unpaired) electrons. The molecule has 0 amide bonds. The Morgan fingerprint density at radius 2 is 2.20 bits per heavy atom. The second-order valence-corrected chi connectivity index (χ2v) is 3.29. The largest absolute Gasteiger partial charge is 0.496 e. The van der Waals surface area contributed by atoms with Crippen molar-refractivity contribution < 1.29 is 4.74 Å². The Hall–Kier alpha value is -2.08. The molecule has 1 aromatic heterocycles. The Labute approximate surface area is 87.9 Å². The first kappa shape index (κ1) is 9.47. The predicted octanol–water partition coefficient (Wildman–Crippen LogP) is 2.42. The topological polar surface area (TPSA) is 45.9 Å². The van der Waals surface area contributed by atoms with Gasteiger partial charge < -0.3 is 4.74 Å². The summed E-state index contributed by atoms with van der Waals surface area (Å²) < 4.78 is 5.26. The number of methoxy groups -OCH3 is 1. The maximum Gasteiger partial charge on any atom is 0.141 e. The highest BCUT2D eigenvalue weighted by molar-refractivity contribution is 5.88. The molecule has 0 unspecified atom stereocenters. The highest BCUT2D eigenvalue weighted by Crippen LogP contribution is 2.27. The Bertz CT molecular complexity index is 555. The third kappa shape index (κ3) is 1.50. The zero-order valence-electron chi connectivity index (χ0n) is 8.61. The molecule has 2 aromatic rings. The van der Waals surface area contributed by atoms with Crippen LogP contribution >= 0.6 is 0 Å². The standard InChI is InChI=1S/C12H10N2O/c1-8-6-9(7-13)14-10-4-3-5-11(15-2)12(8)10/h3-6H,1-2H3. The molecule has 15 heavy (non-hydrogen) atoms. The van der Waals surface area contributed by atoms with Gasteiger partial charge in [0.25, 0.3) is 0 Å². The molecule has 2 rings (SSSR count). The summed E-state index contributed by atoms with van der Waals surface area (Å²) in [5, 5.41) is 9.78. The maximum atomic E-state index is 8.80. The summed E-state index contributed by atoms with van der Waals surface area (Å²) in [7, 11) is 1.63. The van der Waals surface area contributed by atoms with Crippen molar-refractivity contribution in [2.75, 3.05) is 7.11 Å². The molecule has 0 bridgehead atoms. The van der Waals surface area contributed by atoms with Gasteiger partial charge in [0.1, 0.15) is 17.5 Å². The lowest BCUT2D eigenvalue weighted by Crippen LogP contribution is -1.91. The SMILES string of the molecule is COc1cccc2nc(C#N)cc(C)c12. The summed E-state index contributed by atoms with van der Waals surface area (Å²) in [5.41, 5.74) is 2.24. The molecule has 1 aromatic carbocycles. The quantitative estimate of drug-likeness (QED) is 0.706. The minimum absolute atomic E-state index is 0.438. The third-order valence-electron chi connectivity index (χ3n) is 2.33. The van der Waals surface area contributed by atoms with Crippen LogP contribution in [0.1, 0.15) is 11.3 Å². The summed E-state index contributed by atoms with van der Waals surface area (Å²) in [6.45, 7) is 1.95. The molecule has 3 nitrogen and oxygen atoms in total. The van der Waals surface area contributed by atoms with E-state index < -0.39 is 0 Å². The van der Waals surface area contributed by atoms with Gasteiger partial charge in [-0.1, -0.05) is 6.07 Å². The first-order valence-electron chi connectivity index (χ1n) is 4.60. The van der Waals surface area contributed by atoms with E-state index in [-0.39, 0.29) is 0 Å². The first-order valence-corrected chi connectivity index (χ1v) is 4.60. The second-order valence-electron chi connectivity index (χ2n) is 3.29. The number of hydrogen-bond donors (Lipinski definition) is 0. The number of nitrogens with zero attached hydrogens (tertiary/aromatic N) is 2. The average Bonchev–Trinajstić information content (AvgIpc) is 2.27. The van der Waals surface area contributed by atoms with E-state index in [9.17, 15) is 0 Å². The van der Waals surface area contributed by atoms with Crippen molar-refractivity contribution in [3.8, 4) is 11.8 Å². The summed E-state index contributed by atoms with van der Waals surface area (Å²) in [6.07, 6.45) is 0. The average molecular weight is 198 g/mol. The molecule has 0 aliphatic heterocycles. The van der Waals surface area contributed by atoms with Crippen LogP contribution < -0.4 is 4.74 Å². The van der Waals surface area contributed by atoms with Gasteiger partial charge in [-0.15, -0.1) is 0 Å². The van der Waals surface area contributed by atoms with Crippen LogP contribution in [0.4, 0.5) is 0 Å². The number of ether oxygens (including phenoxy) is 1. The smallest absolute Gasteiger partial charge is 0.141 e. The monoisotopic (exact) mass is 198 g/mol. The van der Waals surface area contributed by atoms with Crippen LogP contribution in [0, 0.1) is 18.3 Å². The van der Waals surface area contributed by atoms with Crippen LogP contribution in [0.3, 0.4) is 0 Å². The van der Waals surface area contributed by atoms with Crippen molar-refractivity contribution >= 4 is 10.9 Å². The zero-order chi connectivity index (χ0) is 10.8. The van der Waals surface area contributed by atoms with Crippen molar-refractivity contribution in [2.24, 2.45) is 0 Å². The number of fused-ring (bicyclic) bond motifs is 1. The summed E-state index contributed by atoms with van der Waals surface area (Å²) in [4.78, 5) is 4.22. The van der Waals surface area contributed by atoms with Crippen LogP contribution in [0.5, 0.6) is 5.75 Å². The van der Waals surface area contributed by atoms with Crippen LogP contribution in [0.15, 0.2) is 24.3 Å². The van der Waals surface area contributed by atoms with Gasteiger partial charge in [0, 0.05) is 5.39 Å². The molecule has 0 N–H and O–H groups in total. The number of aryl methyl sites for hydroxylation is 1. The van der Waals surface area contributed by atoms with Gasteiger partial charge in [0.15, 0.2) is 0 Å². The number of rotatable bonds is 1. The van der Waals surface area contributed by atoms with E-state index in [0.717, 1.165) is 22.2 Å². The van der Waals surface area contributed by atoms with E-state index >= 15 is 0 Å². The van der Waals surface area contributed by atoms with Gasteiger partial charge in [-0.2, -0.15) is 5.26 Å². The molecule has 0 saturated heterocycles. The number of hydrogen-bond acceptors (Lipinski definition) is 3. The van der Waals surface area contributed by atoms with E-state index in [4.69, 9.17) is 10.00 Å². The lowest BCUT2D eigenvalue weighted by atomic mass is 10.1. The minimum atomic E-state index is 0.438. The number of benzene rings is 1. The molecule has 0 saturated carbocycles. The second kappa shape index (κ2) is 3.58. The first-order chi connectivity index (χ1) is 7.26. The number of aromatic nitrogens is 1. The van der Waals surface area contributed by atoms with Gasteiger partial charge in [0.2, 0.25) is 0 Å².